The fourth-order valence-electron chi connectivity index (χ4n) is 4.00. The third-order valence-electron chi connectivity index (χ3n) is 6.02. The Hall–Kier alpha value is -2.61. The van der Waals surface area contributed by atoms with Crippen LogP contribution in [0, 0.1) is 20.8 Å². The molecule has 0 bridgehead atoms. The van der Waals surface area contributed by atoms with E-state index < -0.39 is 0 Å². The standard InChI is InChI=1S/C22H30N4O4/c1-15-4-7-19(29-15)13-26(18-5-6-18)22(28)14-24-8-10-25(11-9-24)21(27)12-20-16(2)23-30-17(20)3/h4,7,18H,5-6,8-14H2,1-3H3. The first-order valence-electron chi connectivity index (χ1n) is 10.7. The Morgan fingerprint density at radius 3 is 2.43 bits per heavy atom. The molecule has 0 atom stereocenters. The van der Waals surface area contributed by atoms with Gasteiger partial charge in [-0.15, -0.1) is 0 Å². The lowest BCUT2D eigenvalue weighted by Crippen LogP contribution is -2.52. The van der Waals surface area contributed by atoms with E-state index in [0.717, 1.165) is 35.6 Å². The minimum atomic E-state index is 0.0863. The maximum Gasteiger partial charge on any atom is 0.237 e. The molecule has 2 aromatic heterocycles. The van der Waals surface area contributed by atoms with Crippen LogP contribution in [0.2, 0.25) is 0 Å². The Balaban J connectivity index is 1.27. The molecule has 8 heteroatoms. The number of carbonyl (C=O) groups excluding carboxylic acids is 2. The topological polar surface area (TPSA) is 83.0 Å². The molecule has 2 aliphatic rings. The Labute approximate surface area is 176 Å². The summed E-state index contributed by atoms with van der Waals surface area (Å²) in [4.78, 5) is 31.6. The number of hydrogen-bond acceptors (Lipinski definition) is 6. The summed E-state index contributed by atoms with van der Waals surface area (Å²) < 4.78 is 10.8. The number of furan rings is 1. The molecule has 2 fully saturated rings. The van der Waals surface area contributed by atoms with E-state index in [1.165, 1.54) is 0 Å². The monoisotopic (exact) mass is 414 g/mol. The number of rotatable bonds is 7. The van der Waals surface area contributed by atoms with Crippen molar-refractivity contribution in [3.63, 3.8) is 0 Å². The van der Waals surface area contributed by atoms with Crippen molar-refractivity contribution >= 4 is 11.8 Å². The van der Waals surface area contributed by atoms with E-state index in [1.807, 2.05) is 42.7 Å². The Bertz CT molecular complexity index is 887. The first-order valence-corrected chi connectivity index (χ1v) is 10.7. The molecule has 0 radical (unpaired) electrons. The van der Waals surface area contributed by atoms with Crippen LogP contribution in [0.25, 0.3) is 0 Å². The van der Waals surface area contributed by atoms with Crippen molar-refractivity contribution in [2.45, 2.75) is 52.6 Å². The molecular weight excluding hydrogens is 384 g/mol. The summed E-state index contributed by atoms with van der Waals surface area (Å²) in [6, 6.07) is 4.21. The zero-order valence-electron chi connectivity index (χ0n) is 18.0. The van der Waals surface area contributed by atoms with Crippen molar-refractivity contribution in [2.75, 3.05) is 32.7 Å². The van der Waals surface area contributed by atoms with Crippen LogP contribution in [0.5, 0.6) is 0 Å². The smallest absolute Gasteiger partial charge is 0.237 e. The average molecular weight is 415 g/mol. The number of aromatic nitrogens is 1. The number of carbonyl (C=O) groups is 2. The summed E-state index contributed by atoms with van der Waals surface area (Å²) in [5.41, 5.74) is 1.66. The van der Waals surface area contributed by atoms with Gasteiger partial charge >= 0.3 is 0 Å². The van der Waals surface area contributed by atoms with Crippen LogP contribution in [-0.4, -0.2) is 70.4 Å². The van der Waals surface area contributed by atoms with Crippen LogP contribution in [0.15, 0.2) is 21.1 Å². The molecule has 4 rings (SSSR count). The lowest BCUT2D eigenvalue weighted by atomic mass is 10.1. The molecule has 30 heavy (non-hydrogen) atoms. The summed E-state index contributed by atoms with van der Waals surface area (Å²) in [6.45, 7) is 9.22. The van der Waals surface area contributed by atoms with Gasteiger partial charge in [-0.25, -0.2) is 0 Å². The van der Waals surface area contributed by atoms with Crippen LogP contribution in [0.3, 0.4) is 0 Å². The minimum Gasteiger partial charge on any atom is -0.464 e. The summed E-state index contributed by atoms with van der Waals surface area (Å²) in [6.07, 6.45) is 2.45. The minimum absolute atomic E-state index is 0.0863. The highest BCUT2D eigenvalue weighted by Crippen LogP contribution is 2.29. The lowest BCUT2D eigenvalue weighted by Gasteiger charge is -2.35. The molecule has 3 heterocycles. The lowest BCUT2D eigenvalue weighted by molar-refractivity contribution is -0.135. The van der Waals surface area contributed by atoms with Crippen molar-refractivity contribution in [2.24, 2.45) is 0 Å². The second-order valence-corrected chi connectivity index (χ2v) is 8.40. The Kier molecular flexibility index (Phi) is 5.94. The Morgan fingerprint density at radius 1 is 1.13 bits per heavy atom. The molecule has 0 N–H and O–H groups in total. The van der Waals surface area contributed by atoms with E-state index >= 15 is 0 Å². The van der Waals surface area contributed by atoms with Gasteiger partial charge in [-0.1, -0.05) is 5.16 Å². The number of nitrogens with zero attached hydrogens (tertiary/aromatic N) is 4. The van der Waals surface area contributed by atoms with Gasteiger partial charge in [0.15, 0.2) is 0 Å². The predicted molar refractivity (Wildman–Crippen MR) is 110 cm³/mol. The van der Waals surface area contributed by atoms with Crippen molar-refractivity contribution in [1.82, 2.24) is 19.9 Å². The van der Waals surface area contributed by atoms with Crippen LogP contribution in [0.4, 0.5) is 0 Å². The molecule has 8 nitrogen and oxygen atoms in total. The second-order valence-electron chi connectivity index (χ2n) is 8.40. The zero-order chi connectivity index (χ0) is 21.3. The first kappa shape index (κ1) is 20.7. The van der Waals surface area contributed by atoms with Crippen LogP contribution >= 0.6 is 0 Å². The van der Waals surface area contributed by atoms with Crippen LogP contribution < -0.4 is 0 Å². The number of hydrogen-bond donors (Lipinski definition) is 0. The largest absolute Gasteiger partial charge is 0.464 e. The van der Waals surface area contributed by atoms with Crippen molar-refractivity contribution in [3.05, 3.63) is 40.7 Å². The quantitative estimate of drug-likeness (QED) is 0.690. The maximum atomic E-state index is 13.0. The highest BCUT2D eigenvalue weighted by atomic mass is 16.5. The zero-order valence-corrected chi connectivity index (χ0v) is 18.0. The van der Waals surface area contributed by atoms with Crippen LogP contribution in [-0.2, 0) is 22.6 Å². The third-order valence-corrected chi connectivity index (χ3v) is 6.02. The second kappa shape index (κ2) is 8.63. The molecule has 2 amide bonds. The van der Waals surface area contributed by atoms with Gasteiger partial charge < -0.3 is 18.7 Å². The predicted octanol–water partition coefficient (Wildman–Crippen LogP) is 2.07. The highest BCUT2D eigenvalue weighted by molar-refractivity contribution is 5.80. The number of aryl methyl sites for hydroxylation is 3. The number of amides is 2. The molecule has 1 aliphatic heterocycles. The Morgan fingerprint density at radius 2 is 1.87 bits per heavy atom. The normalized spacial score (nSPS) is 17.4. The molecule has 2 aromatic rings. The highest BCUT2D eigenvalue weighted by Gasteiger charge is 2.34. The van der Waals surface area contributed by atoms with Crippen molar-refractivity contribution < 1.29 is 18.5 Å². The molecule has 1 aliphatic carbocycles. The molecule has 1 saturated carbocycles. The van der Waals surface area contributed by atoms with Gasteiger partial charge in [0, 0.05) is 37.8 Å². The molecule has 1 saturated heterocycles. The van der Waals surface area contributed by atoms with Gasteiger partial charge in [0.25, 0.3) is 0 Å². The van der Waals surface area contributed by atoms with Gasteiger partial charge in [0.2, 0.25) is 11.8 Å². The van der Waals surface area contributed by atoms with E-state index in [-0.39, 0.29) is 11.8 Å². The summed E-state index contributed by atoms with van der Waals surface area (Å²) >= 11 is 0. The van der Waals surface area contributed by atoms with E-state index in [2.05, 4.69) is 10.1 Å². The summed E-state index contributed by atoms with van der Waals surface area (Å²) in [7, 11) is 0. The fourth-order valence-corrected chi connectivity index (χ4v) is 4.00. The van der Waals surface area contributed by atoms with E-state index in [0.29, 0.717) is 57.5 Å². The van der Waals surface area contributed by atoms with Gasteiger partial charge in [-0.05, 0) is 45.7 Å². The molecular formula is C22H30N4O4. The summed E-state index contributed by atoms with van der Waals surface area (Å²) in [5.74, 6) is 2.63. The SMILES string of the molecule is Cc1ccc(CN(C(=O)CN2CCN(C(=O)Cc3c(C)noc3C)CC2)C2CC2)o1. The molecule has 162 valence electrons. The van der Waals surface area contributed by atoms with Crippen molar-refractivity contribution in [1.29, 1.82) is 0 Å². The first-order chi connectivity index (χ1) is 14.4. The molecule has 0 aromatic carbocycles. The van der Waals surface area contributed by atoms with E-state index in [1.54, 1.807) is 0 Å². The van der Waals surface area contributed by atoms with Gasteiger partial charge in [0.05, 0.1) is 25.2 Å². The van der Waals surface area contributed by atoms with Gasteiger partial charge in [-0.3, -0.25) is 14.5 Å². The maximum absolute atomic E-state index is 13.0. The van der Waals surface area contributed by atoms with Gasteiger partial charge in [-0.2, -0.15) is 0 Å². The molecule has 0 unspecified atom stereocenters. The number of piperazine rings is 1. The molecule has 0 spiro atoms. The van der Waals surface area contributed by atoms with Crippen molar-refractivity contribution in [3.8, 4) is 0 Å². The average Bonchev–Trinajstić information content (AvgIpc) is 3.41. The summed E-state index contributed by atoms with van der Waals surface area (Å²) in [5, 5.41) is 3.92. The fraction of sp³-hybridized carbons (Fsp3) is 0.591. The van der Waals surface area contributed by atoms with Gasteiger partial charge in [0.1, 0.15) is 17.3 Å². The van der Waals surface area contributed by atoms with E-state index in [4.69, 9.17) is 8.94 Å². The third kappa shape index (κ3) is 4.75. The van der Waals surface area contributed by atoms with Crippen LogP contribution in [0.1, 0.15) is 41.4 Å². The van der Waals surface area contributed by atoms with E-state index in [9.17, 15) is 9.59 Å².